The van der Waals surface area contributed by atoms with E-state index in [1.54, 1.807) is 12.1 Å². The largest absolute Gasteiger partial charge is 0.454 e. The van der Waals surface area contributed by atoms with Gasteiger partial charge in [-0.1, -0.05) is 50.5 Å². The minimum atomic E-state index is -2.82. The number of likely N-dealkylation sites (tertiary alicyclic amines) is 1. The molecular formula is C25H24FNO6. The summed E-state index contributed by atoms with van der Waals surface area (Å²) in [5.74, 6) is -7.87. The standard InChI is InChI=1S/C25H24FNO6/c1-2-3-4-7-14-27-22(29)20(28)19-21(15-10-12-16(26)13-11-15)33-25(32)18-9-6-5-8-17(18)24(30,31)23(19,25)27/h5-6,8-13,30-32H,2-4,7,14H2,1H3. The van der Waals surface area contributed by atoms with Gasteiger partial charge < -0.3 is 25.0 Å². The van der Waals surface area contributed by atoms with E-state index in [0.717, 1.165) is 36.3 Å². The first-order valence-electron chi connectivity index (χ1n) is 11.0. The van der Waals surface area contributed by atoms with E-state index in [1.807, 2.05) is 6.92 Å². The van der Waals surface area contributed by atoms with Crippen LogP contribution in [-0.4, -0.2) is 44.0 Å². The Morgan fingerprint density at radius 3 is 2.27 bits per heavy atom. The third-order valence-corrected chi connectivity index (χ3v) is 6.91. The summed E-state index contributed by atoms with van der Waals surface area (Å²) in [4.78, 5) is 27.6. The molecule has 3 N–H and O–H groups in total. The number of aliphatic hydroxyl groups is 3. The molecule has 1 fully saturated rings. The molecular weight excluding hydrogens is 429 g/mol. The summed E-state index contributed by atoms with van der Waals surface area (Å²) in [7, 11) is 0. The highest BCUT2D eigenvalue weighted by Gasteiger charge is 2.84. The Bertz CT molecular complexity index is 1190. The first-order chi connectivity index (χ1) is 15.7. The fourth-order valence-corrected chi connectivity index (χ4v) is 5.47. The Balaban J connectivity index is 1.77. The SMILES string of the molecule is CCCCCCN1C(=O)C(=O)C2=C(c3ccc(F)cc3)OC3(O)c4ccccc4C(O)(O)C213. The number of ether oxygens (including phenoxy) is 1. The second-order valence-corrected chi connectivity index (χ2v) is 8.73. The Morgan fingerprint density at radius 1 is 0.939 bits per heavy atom. The smallest absolute Gasteiger partial charge is 0.296 e. The van der Waals surface area contributed by atoms with Gasteiger partial charge in [-0.15, -0.1) is 0 Å². The van der Waals surface area contributed by atoms with Crippen molar-refractivity contribution in [2.24, 2.45) is 0 Å². The van der Waals surface area contributed by atoms with E-state index in [4.69, 9.17) is 4.74 Å². The van der Waals surface area contributed by atoms with Crippen molar-refractivity contribution in [2.45, 2.75) is 49.7 Å². The summed E-state index contributed by atoms with van der Waals surface area (Å²) in [6.45, 7) is 2.05. The number of ketones is 1. The number of hydrogen-bond donors (Lipinski definition) is 3. The fraction of sp³-hybridized carbons (Fsp3) is 0.360. The molecule has 2 aromatic carbocycles. The highest BCUT2D eigenvalue weighted by atomic mass is 19.1. The number of halogens is 1. The van der Waals surface area contributed by atoms with E-state index in [-0.39, 0.29) is 34.6 Å². The van der Waals surface area contributed by atoms with Crippen LogP contribution >= 0.6 is 0 Å². The number of nitrogens with zero attached hydrogens (tertiary/aromatic N) is 1. The molecule has 1 aliphatic carbocycles. The minimum absolute atomic E-state index is 0.0211. The highest BCUT2D eigenvalue weighted by molar-refractivity contribution is 6.48. The number of fused-ring (bicyclic) bond motifs is 2. The average Bonchev–Trinajstić information content (AvgIpc) is 3.27. The number of amides is 1. The highest BCUT2D eigenvalue weighted by Crippen LogP contribution is 2.67. The molecule has 2 atom stereocenters. The Hall–Kier alpha value is -3.07. The molecule has 2 aliphatic heterocycles. The molecule has 1 saturated heterocycles. The van der Waals surface area contributed by atoms with Gasteiger partial charge in [-0.2, -0.15) is 0 Å². The predicted octanol–water partition coefficient (Wildman–Crippen LogP) is 2.29. The number of hydrogen-bond acceptors (Lipinski definition) is 6. The summed E-state index contributed by atoms with van der Waals surface area (Å²) in [5.41, 5.74) is -2.41. The first kappa shape index (κ1) is 21.8. The maximum absolute atomic E-state index is 13.6. The summed E-state index contributed by atoms with van der Waals surface area (Å²) in [5, 5.41) is 35.0. The van der Waals surface area contributed by atoms with E-state index in [2.05, 4.69) is 0 Å². The van der Waals surface area contributed by atoms with E-state index in [9.17, 15) is 29.3 Å². The second-order valence-electron chi connectivity index (χ2n) is 8.73. The molecule has 3 aliphatic rings. The predicted molar refractivity (Wildman–Crippen MR) is 114 cm³/mol. The van der Waals surface area contributed by atoms with Gasteiger partial charge >= 0.3 is 0 Å². The van der Waals surface area contributed by atoms with Gasteiger partial charge in [0.05, 0.1) is 5.57 Å². The van der Waals surface area contributed by atoms with Gasteiger partial charge in [-0.3, -0.25) is 9.59 Å². The lowest BCUT2D eigenvalue weighted by atomic mass is 9.78. The van der Waals surface area contributed by atoms with Crippen molar-refractivity contribution in [3.8, 4) is 0 Å². The second kappa shape index (κ2) is 7.21. The van der Waals surface area contributed by atoms with Crippen molar-refractivity contribution >= 4 is 17.4 Å². The van der Waals surface area contributed by atoms with Crippen LogP contribution in [0.1, 0.15) is 49.3 Å². The van der Waals surface area contributed by atoms with E-state index < -0.39 is 34.6 Å². The Kier molecular flexibility index (Phi) is 4.76. The van der Waals surface area contributed by atoms with Crippen LogP contribution in [0.5, 0.6) is 0 Å². The lowest BCUT2D eigenvalue weighted by Gasteiger charge is -2.45. The maximum Gasteiger partial charge on any atom is 0.296 e. The number of carbonyl (C=O) groups excluding carboxylic acids is 2. The minimum Gasteiger partial charge on any atom is -0.454 e. The normalized spacial score (nSPS) is 27.0. The molecule has 8 heteroatoms. The van der Waals surface area contributed by atoms with Crippen LogP contribution < -0.4 is 0 Å². The quantitative estimate of drug-likeness (QED) is 0.352. The number of benzene rings is 2. The molecule has 172 valence electrons. The van der Waals surface area contributed by atoms with Gasteiger partial charge in [0.1, 0.15) is 11.6 Å². The van der Waals surface area contributed by atoms with Gasteiger partial charge in [0.25, 0.3) is 17.5 Å². The molecule has 2 aromatic rings. The van der Waals surface area contributed by atoms with Gasteiger partial charge in [-0.25, -0.2) is 4.39 Å². The lowest BCUT2D eigenvalue weighted by molar-refractivity contribution is -0.312. The van der Waals surface area contributed by atoms with E-state index in [0.29, 0.717) is 6.42 Å². The molecule has 0 saturated carbocycles. The molecule has 0 radical (unpaired) electrons. The lowest BCUT2D eigenvalue weighted by Crippen LogP contribution is -2.66. The van der Waals surface area contributed by atoms with Crippen LogP contribution in [0, 0.1) is 5.82 Å². The number of Topliss-reactive ketones (excluding diaryl/α,β-unsaturated/α-hetero) is 1. The maximum atomic E-state index is 13.6. The van der Waals surface area contributed by atoms with Crippen LogP contribution in [-0.2, 0) is 25.9 Å². The molecule has 5 rings (SSSR count). The third kappa shape index (κ3) is 2.54. The van der Waals surface area contributed by atoms with Gasteiger partial charge in [0, 0.05) is 23.2 Å². The topological polar surface area (TPSA) is 107 Å². The van der Waals surface area contributed by atoms with Crippen molar-refractivity contribution in [1.82, 2.24) is 4.90 Å². The van der Waals surface area contributed by atoms with Crippen LogP contribution in [0.2, 0.25) is 0 Å². The fourth-order valence-electron chi connectivity index (χ4n) is 5.47. The zero-order chi connectivity index (χ0) is 23.6. The van der Waals surface area contributed by atoms with Crippen molar-refractivity contribution in [3.05, 3.63) is 76.6 Å². The number of carbonyl (C=O) groups is 2. The van der Waals surface area contributed by atoms with Gasteiger partial charge in [0.15, 0.2) is 0 Å². The zero-order valence-electron chi connectivity index (χ0n) is 18.0. The Morgan fingerprint density at radius 2 is 1.61 bits per heavy atom. The number of rotatable bonds is 6. The third-order valence-electron chi connectivity index (χ3n) is 6.91. The number of unbranched alkanes of at least 4 members (excludes halogenated alkanes) is 3. The molecule has 2 unspecified atom stereocenters. The summed E-state index contributed by atoms with van der Waals surface area (Å²) in [6, 6.07) is 11.0. The van der Waals surface area contributed by atoms with Crippen LogP contribution in [0.3, 0.4) is 0 Å². The van der Waals surface area contributed by atoms with E-state index in [1.165, 1.54) is 24.3 Å². The van der Waals surface area contributed by atoms with Crippen LogP contribution in [0.4, 0.5) is 4.39 Å². The van der Waals surface area contributed by atoms with Crippen LogP contribution in [0.25, 0.3) is 5.76 Å². The van der Waals surface area contributed by atoms with Gasteiger partial charge in [0.2, 0.25) is 11.3 Å². The van der Waals surface area contributed by atoms with E-state index >= 15 is 0 Å². The monoisotopic (exact) mass is 453 g/mol. The van der Waals surface area contributed by atoms with Gasteiger partial charge in [-0.05, 0) is 30.7 Å². The molecule has 2 heterocycles. The van der Waals surface area contributed by atoms with Crippen molar-refractivity contribution < 1.29 is 34.0 Å². The molecule has 0 aromatic heterocycles. The molecule has 0 bridgehead atoms. The summed E-state index contributed by atoms with van der Waals surface area (Å²) in [6.07, 6.45) is 3.10. The zero-order valence-corrected chi connectivity index (χ0v) is 18.0. The average molecular weight is 453 g/mol. The van der Waals surface area contributed by atoms with Crippen LogP contribution in [0.15, 0.2) is 54.1 Å². The first-order valence-corrected chi connectivity index (χ1v) is 11.0. The molecule has 7 nitrogen and oxygen atoms in total. The summed E-state index contributed by atoms with van der Waals surface area (Å²) >= 11 is 0. The Labute approximate surface area is 189 Å². The molecule has 33 heavy (non-hydrogen) atoms. The summed E-state index contributed by atoms with van der Waals surface area (Å²) < 4.78 is 19.5. The van der Waals surface area contributed by atoms with Crippen molar-refractivity contribution in [3.63, 3.8) is 0 Å². The molecule has 1 amide bonds. The molecule has 1 spiro atoms. The van der Waals surface area contributed by atoms with Crippen molar-refractivity contribution in [2.75, 3.05) is 6.54 Å². The van der Waals surface area contributed by atoms with Crippen molar-refractivity contribution in [1.29, 1.82) is 0 Å².